The number of halogens is 3. The molecular weight excluding hydrogens is 219 g/mol. The predicted octanol–water partition coefficient (Wildman–Crippen LogP) is 2.28. The second kappa shape index (κ2) is 4.54. The van der Waals surface area contributed by atoms with Crippen LogP contribution in [0.1, 0.15) is 18.1 Å². The van der Waals surface area contributed by atoms with Crippen molar-refractivity contribution >= 4 is 5.69 Å². The van der Waals surface area contributed by atoms with Gasteiger partial charge >= 0.3 is 0 Å². The fourth-order valence-corrected chi connectivity index (χ4v) is 1.21. The highest BCUT2D eigenvalue weighted by Crippen LogP contribution is 2.28. The molecule has 0 spiro atoms. The maximum atomic E-state index is 13.4. The Morgan fingerprint density at radius 2 is 1.56 bits per heavy atom. The fraction of sp³-hybridized carbons (Fsp3) is 0.200. The van der Waals surface area contributed by atoms with Gasteiger partial charge in [0.25, 0.3) is 0 Å². The van der Waals surface area contributed by atoms with Gasteiger partial charge in [-0.15, -0.1) is 0 Å². The van der Waals surface area contributed by atoms with E-state index in [1.165, 1.54) is 12.1 Å². The van der Waals surface area contributed by atoms with Crippen LogP contribution in [-0.4, -0.2) is 6.54 Å². The van der Waals surface area contributed by atoms with E-state index in [4.69, 9.17) is 10.5 Å². The summed E-state index contributed by atoms with van der Waals surface area (Å²) < 4.78 is 39.9. The molecule has 0 fully saturated rings. The lowest BCUT2D eigenvalue weighted by Crippen LogP contribution is -2.08. The molecule has 0 aliphatic carbocycles. The second-order valence-electron chi connectivity index (χ2n) is 2.82. The maximum absolute atomic E-state index is 13.4. The Hall–Kier alpha value is -2.21. The number of hydrogen-bond acceptors (Lipinski definition) is 3. The number of nitrogens with one attached hydrogen (secondary N) is 1. The predicted molar refractivity (Wildman–Crippen MR) is 49.9 cm³/mol. The first kappa shape index (κ1) is 11.9. The van der Waals surface area contributed by atoms with Crippen LogP contribution in [0.25, 0.3) is 0 Å². The van der Waals surface area contributed by atoms with Crippen LogP contribution in [0, 0.1) is 40.1 Å². The molecular formula is C10H6F3N3. The van der Waals surface area contributed by atoms with Crippen LogP contribution in [0.3, 0.4) is 0 Å². The number of nitrogens with zero attached hydrogens (tertiary/aromatic N) is 2. The first-order valence-corrected chi connectivity index (χ1v) is 4.32. The standard InChI is InChI=1S/C10H6F3N3/c1-2-16-10-6(4-15)7(11)5(3-14)8(12)9(10)13/h16H,2H2,1H3. The van der Waals surface area contributed by atoms with Crippen molar-refractivity contribution in [3.05, 3.63) is 28.6 Å². The number of rotatable bonds is 2. The van der Waals surface area contributed by atoms with E-state index in [0.717, 1.165) is 0 Å². The third-order valence-electron chi connectivity index (χ3n) is 1.90. The van der Waals surface area contributed by atoms with Crippen molar-refractivity contribution in [2.75, 3.05) is 11.9 Å². The van der Waals surface area contributed by atoms with E-state index in [1.807, 2.05) is 0 Å². The van der Waals surface area contributed by atoms with E-state index in [2.05, 4.69) is 5.32 Å². The molecule has 3 nitrogen and oxygen atoms in total. The van der Waals surface area contributed by atoms with Crippen LogP contribution in [0.15, 0.2) is 0 Å². The van der Waals surface area contributed by atoms with E-state index in [0.29, 0.717) is 0 Å². The summed E-state index contributed by atoms with van der Waals surface area (Å²) in [6.07, 6.45) is 0. The molecule has 0 saturated carbocycles. The zero-order chi connectivity index (χ0) is 12.3. The Labute approximate surface area is 89.7 Å². The fourth-order valence-electron chi connectivity index (χ4n) is 1.21. The molecule has 0 amide bonds. The van der Waals surface area contributed by atoms with Crippen molar-refractivity contribution in [1.82, 2.24) is 0 Å². The summed E-state index contributed by atoms with van der Waals surface area (Å²) in [6.45, 7) is 1.77. The van der Waals surface area contributed by atoms with Crippen LogP contribution in [-0.2, 0) is 0 Å². The second-order valence-corrected chi connectivity index (χ2v) is 2.82. The summed E-state index contributed by atoms with van der Waals surface area (Å²) in [5, 5.41) is 19.4. The van der Waals surface area contributed by atoms with Crippen molar-refractivity contribution in [2.24, 2.45) is 0 Å². The van der Waals surface area contributed by atoms with Crippen LogP contribution >= 0.6 is 0 Å². The van der Waals surface area contributed by atoms with Crippen molar-refractivity contribution in [3.63, 3.8) is 0 Å². The molecule has 0 aromatic heterocycles. The molecule has 1 N–H and O–H groups in total. The maximum Gasteiger partial charge on any atom is 0.184 e. The largest absolute Gasteiger partial charge is 0.382 e. The monoisotopic (exact) mass is 225 g/mol. The summed E-state index contributed by atoms with van der Waals surface area (Å²) in [5.74, 6) is -4.36. The van der Waals surface area contributed by atoms with E-state index >= 15 is 0 Å². The van der Waals surface area contributed by atoms with Gasteiger partial charge in [0.2, 0.25) is 0 Å². The molecule has 1 rings (SSSR count). The average molecular weight is 225 g/mol. The van der Waals surface area contributed by atoms with E-state index in [1.54, 1.807) is 6.92 Å². The normalized spacial score (nSPS) is 9.38. The Morgan fingerprint density at radius 1 is 1.00 bits per heavy atom. The van der Waals surface area contributed by atoms with Crippen LogP contribution < -0.4 is 5.32 Å². The van der Waals surface area contributed by atoms with E-state index < -0.39 is 34.3 Å². The van der Waals surface area contributed by atoms with Gasteiger partial charge in [-0.2, -0.15) is 10.5 Å². The zero-order valence-corrected chi connectivity index (χ0v) is 8.24. The Bertz CT molecular complexity index is 512. The lowest BCUT2D eigenvalue weighted by molar-refractivity contribution is 0.493. The molecule has 16 heavy (non-hydrogen) atoms. The van der Waals surface area contributed by atoms with Gasteiger partial charge in [-0.05, 0) is 6.92 Å². The van der Waals surface area contributed by atoms with Gasteiger partial charge < -0.3 is 5.32 Å². The highest BCUT2D eigenvalue weighted by atomic mass is 19.2. The lowest BCUT2D eigenvalue weighted by atomic mass is 10.1. The van der Waals surface area contributed by atoms with Crippen molar-refractivity contribution in [3.8, 4) is 12.1 Å². The minimum Gasteiger partial charge on any atom is -0.382 e. The summed E-state index contributed by atoms with van der Waals surface area (Å²) >= 11 is 0. The topological polar surface area (TPSA) is 59.6 Å². The highest BCUT2D eigenvalue weighted by molar-refractivity contribution is 5.62. The third kappa shape index (κ3) is 1.66. The van der Waals surface area contributed by atoms with Gasteiger partial charge in [0, 0.05) is 6.54 Å². The van der Waals surface area contributed by atoms with Gasteiger partial charge in [-0.3, -0.25) is 0 Å². The minimum atomic E-state index is -1.59. The molecule has 82 valence electrons. The van der Waals surface area contributed by atoms with Crippen LogP contribution in [0.5, 0.6) is 0 Å². The molecule has 0 bridgehead atoms. The van der Waals surface area contributed by atoms with E-state index in [9.17, 15) is 13.2 Å². The molecule has 1 aromatic rings. The molecule has 0 heterocycles. The summed E-state index contributed by atoms with van der Waals surface area (Å²) in [4.78, 5) is 0. The average Bonchev–Trinajstić information content (AvgIpc) is 2.27. The SMILES string of the molecule is CCNc1c(F)c(F)c(C#N)c(F)c1C#N. The van der Waals surface area contributed by atoms with Gasteiger partial charge in [-0.1, -0.05) is 0 Å². The lowest BCUT2D eigenvalue weighted by Gasteiger charge is -2.09. The molecule has 0 saturated heterocycles. The van der Waals surface area contributed by atoms with Crippen molar-refractivity contribution in [1.29, 1.82) is 10.5 Å². The zero-order valence-electron chi connectivity index (χ0n) is 8.24. The molecule has 6 heteroatoms. The van der Waals surface area contributed by atoms with Crippen LogP contribution in [0.4, 0.5) is 18.9 Å². The van der Waals surface area contributed by atoms with Gasteiger partial charge in [-0.25, -0.2) is 13.2 Å². The van der Waals surface area contributed by atoms with Crippen molar-refractivity contribution in [2.45, 2.75) is 6.92 Å². The Kier molecular flexibility index (Phi) is 3.37. The summed E-state index contributed by atoms with van der Waals surface area (Å²) in [6, 6.07) is 2.58. The summed E-state index contributed by atoms with van der Waals surface area (Å²) in [7, 11) is 0. The van der Waals surface area contributed by atoms with Crippen molar-refractivity contribution < 1.29 is 13.2 Å². The smallest absolute Gasteiger partial charge is 0.184 e. The molecule has 0 aliphatic rings. The number of hydrogen-bond donors (Lipinski definition) is 1. The Morgan fingerprint density at radius 3 is 2.00 bits per heavy atom. The molecule has 0 unspecified atom stereocenters. The van der Waals surface area contributed by atoms with Gasteiger partial charge in [0.1, 0.15) is 23.3 Å². The van der Waals surface area contributed by atoms with Gasteiger partial charge in [0.05, 0.1) is 5.69 Å². The first-order chi connectivity index (χ1) is 7.58. The molecule has 0 radical (unpaired) electrons. The quantitative estimate of drug-likeness (QED) is 0.785. The molecule has 0 atom stereocenters. The van der Waals surface area contributed by atoms with E-state index in [-0.39, 0.29) is 6.54 Å². The summed E-state index contributed by atoms with van der Waals surface area (Å²) in [5.41, 5.74) is -2.34. The first-order valence-electron chi connectivity index (χ1n) is 4.32. The van der Waals surface area contributed by atoms with Crippen LogP contribution in [0.2, 0.25) is 0 Å². The molecule has 0 aliphatic heterocycles. The molecule has 1 aromatic carbocycles. The minimum absolute atomic E-state index is 0.191. The Balaban J connectivity index is 3.66. The number of nitriles is 2. The highest BCUT2D eigenvalue weighted by Gasteiger charge is 2.24. The van der Waals surface area contributed by atoms with Gasteiger partial charge in [0.15, 0.2) is 17.5 Å². The third-order valence-corrected chi connectivity index (χ3v) is 1.90. The number of anilines is 1. The number of benzene rings is 1.